The zero-order valence-electron chi connectivity index (χ0n) is 10.9. The molecule has 0 bridgehead atoms. The summed E-state index contributed by atoms with van der Waals surface area (Å²) < 4.78 is 0. The normalized spacial score (nSPS) is 9.75. The topological polar surface area (TPSA) is 93.6 Å². The van der Waals surface area contributed by atoms with Crippen molar-refractivity contribution in [2.75, 3.05) is 11.9 Å². The number of rotatable bonds is 5. The first-order valence-corrected chi connectivity index (χ1v) is 6.31. The smallest absolute Gasteiger partial charge is 0.319 e. The van der Waals surface area contributed by atoms with E-state index in [1.165, 1.54) is 0 Å². The number of carbonyl (C=O) groups is 1. The number of anilines is 1. The van der Waals surface area contributed by atoms with Crippen LogP contribution in [0, 0.1) is 11.3 Å². The van der Waals surface area contributed by atoms with Crippen molar-refractivity contribution in [3.05, 3.63) is 47.8 Å². The fourth-order valence-corrected chi connectivity index (χ4v) is 1.71. The quantitative estimate of drug-likeness (QED) is 0.725. The second kappa shape index (κ2) is 6.95. The zero-order valence-corrected chi connectivity index (χ0v) is 10.9. The number of aromatic nitrogens is 2. The minimum absolute atomic E-state index is 0.251. The number of amides is 2. The van der Waals surface area contributed by atoms with E-state index in [0.717, 1.165) is 18.5 Å². The van der Waals surface area contributed by atoms with Gasteiger partial charge in [-0.3, -0.25) is 5.10 Å². The number of aryl methyl sites for hydroxylation is 1. The number of benzene rings is 1. The summed E-state index contributed by atoms with van der Waals surface area (Å²) in [6, 6.07) is 10.4. The molecule has 0 fully saturated rings. The number of nitrogens with zero attached hydrogens (tertiary/aromatic N) is 2. The molecule has 0 radical (unpaired) electrons. The number of hydrogen-bond donors (Lipinski definition) is 3. The van der Waals surface area contributed by atoms with Crippen LogP contribution in [0.2, 0.25) is 0 Å². The van der Waals surface area contributed by atoms with Gasteiger partial charge in [0.05, 0.1) is 11.6 Å². The Morgan fingerprint density at radius 1 is 1.30 bits per heavy atom. The minimum atomic E-state index is -0.251. The zero-order chi connectivity index (χ0) is 14.2. The molecule has 6 heteroatoms. The summed E-state index contributed by atoms with van der Waals surface area (Å²) in [5.41, 5.74) is 2.28. The summed E-state index contributed by atoms with van der Waals surface area (Å²) in [6.45, 7) is 0.584. The van der Waals surface area contributed by atoms with Gasteiger partial charge in [0, 0.05) is 24.1 Å². The number of carbonyl (C=O) groups excluding carboxylic acids is 1. The first-order valence-electron chi connectivity index (χ1n) is 6.31. The Morgan fingerprint density at radius 3 is 2.75 bits per heavy atom. The average molecular weight is 269 g/mol. The molecule has 0 aliphatic carbocycles. The molecule has 0 spiro atoms. The summed E-state index contributed by atoms with van der Waals surface area (Å²) in [5.74, 6) is 0. The van der Waals surface area contributed by atoms with Crippen molar-refractivity contribution in [2.45, 2.75) is 12.8 Å². The molecule has 3 N–H and O–H groups in total. The molecule has 6 nitrogen and oxygen atoms in total. The van der Waals surface area contributed by atoms with Gasteiger partial charge in [0.15, 0.2) is 0 Å². The molecule has 2 aromatic rings. The van der Waals surface area contributed by atoms with E-state index in [1.807, 2.05) is 12.1 Å². The lowest BCUT2D eigenvalue weighted by molar-refractivity contribution is 0.252. The van der Waals surface area contributed by atoms with Gasteiger partial charge < -0.3 is 10.6 Å². The van der Waals surface area contributed by atoms with Crippen molar-refractivity contribution in [3.8, 4) is 6.07 Å². The molecule has 0 saturated carbocycles. The van der Waals surface area contributed by atoms with E-state index >= 15 is 0 Å². The Labute approximate surface area is 116 Å². The lowest BCUT2D eigenvalue weighted by Crippen LogP contribution is -2.29. The fraction of sp³-hybridized carbons (Fsp3) is 0.214. The van der Waals surface area contributed by atoms with Gasteiger partial charge in [-0.15, -0.1) is 0 Å². The highest BCUT2D eigenvalue weighted by atomic mass is 16.2. The maximum atomic E-state index is 11.6. The van der Waals surface area contributed by atoms with Crippen LogP contribution in [0.5, 0.6) is 0 Å². The number of aromatic amines is 1. The van der Waals surface area contributed by atoms with Crippen LogP contribution in [-0.4, -0.2) is 22.8 Å². The predicted molar refractivity (Wildman–Crippen MR) is 75.1 cm³/mol. The van der Waals surface area contributed by atoms with Gasteiger partial charge in [0.25, 0.3) is 0 Å². The number of hydrogen-bond acceptors (Lipinski definition) is 3. The third-order valence-electron chi connectivity index (χ3n) is 2.74. The van der Waals surface area contributed by atoms with Gasteiger partial charge >= 0.3 is 6.03 Å². The summed E-state index contributed by atoms with van der Waals surface area (Å²) in [6.07, 6.45) is 3.39. The Kier molecular flexibility index (Phi) is 4.73. The van der Waals surface area contributed by atoms with Gasteiger partial charge in [-0.2, -0.15) is 10.4 Å². The van der Waals surface area contributed by atoms with Crippen molar-refractivity contribution < 1.29 is 4.79 Å². The largest absolute Gasteiger partial charge is 0.338 e. The molecule has 0 saturated heterocycles. The predicted octanol–water partition coefficient (Wildman–Crippen LogP) is 2.04. The van der Waals surface area contributed by atoms with Gasteiger partial charge in [-0.05, 0) is 43.2 Å². The standard InChI is InChI=1S/C14H15N5O/c15-10-11-3-5-12(6-4-11)18-14(20)16-8-1-2-13-7-9-17-19-13/h3-7,9H,1-2,8H2,(H,17,19)(H2,16,18,20). The molecule has 1 aromatic heterocycles. The second-order valence-corrected chi connectivity index (χ2v) is 4.26. The van der Waals surface area contributed by atoms with E-state index in [0.29, 0.717) is 17.8 Å². The van der Waals surface area contributed by atoms with Crippen molar-refractivity contribution in [2.24, 2.45) is 0 Å². The number of nitrogens with one attached hydrogen (secondary N) is 3. The Morgan fingerprint density at radius 2 is 2.10 bits per heavy atom. The summed E-state index contributed by atoms with van der Waals surface area (Å²) in [4.78, 5) is 11.6. The maximum absolute atomic E-state index is 11.6. The molecule has 2 amide bonds. The van der Waals surface area contributed by atoms with Crippen LogP contribution in [0.1, 0.15) is 17.7 Å². The Balaban J connectivity index is 1.68. The molecule has 0 atom stereocenters. The maximum Gasteiger partial charge on any atom is 0.319 e. The molecule has 1 aromatic carbocycles. The van der Waals surface area contributed by atoms with Crippen LogP contribution in [0.15, 0.2) is 36.5 Å². The molecule has 20 heavy (non-hydrogen) atoms. The first kappa shape index (κ1) is 13.6. The lowest BCUT2D eigenvalue weighted by Gasteiger charge is -2.07. The molecule has 102 valence electrons. The van der Waals surface area contributed by atoms with Crippen LogP contribution in [0.4, 0.5) is 10.5 Å². The van der Waals surface area contributed by atoms with Crippen LogP contribution >= 0.6 is 0 Å². The number of nitriles is 1. The van der Waals surface area contributed by atoms with E-state index in [1.54, 1.807) is 30.5 Å². The van der Waals surface area contributed by atoms with E-state index < -0.39 is 0 Å². The molecular formula is C14H15N5O. The van der Waals surface area contributed by atoms with Crippen molar-refractivity contribution >= 4 is 11.7 Å². The second-order valence-electron chi connectivity index (χ2n) is 4.26. The van der Waals surface area contributed by atoms with E-state index in [9.17, 15) is 4.79 Å². The number of H-pyrrole nitrogens is 1. The van der Waals surface area contributed by atoms with Crippen LogP contribution in [0.25, 0.3) is 0 Å². The molecule has 0 aliphatic heterocycles. The van der Waals surface area contributed by atoms with Gasteiger partial charge in [0.2, 0.25) is 0 Å². The Bertz CT molecular complexity index is 583. The third-order valence-corrected chi connectivity index (χ3v) is 2.74. The van der Waals surface area contributed by atoms with Gasteiger partial charge in [0.1, 0.15) is 0 Å². The van der Waals surface area contributed by atoms with E-state index in [-0.39, 0.29) is 6.03 Å². The molecular weight excluding hydrogens is 254 g/mol. The average Bonchev–Trinajstić information content (AvgIpc) is 2.98. The van der Waals surface area contributed by atoms with Crippen LogP contribution in [0.3, 0.4) is 0 Å². The summed E-state index contributed by atoms with van der Waals surface area (Å²) in [5, 5.41) is 20.9. The van der Waals surface area contributed by atoms with E-state index in [2.05, 4.69) is 20.8 Å². The van der Waals surface area contributed by atoms with Crippen LogP contribution < -0.4 is 10.6 Å². The minimum Gasteiger partial charge on any atom is -0.338 e. The van der Waals surface area contributed by atoms with Crippen molar-refractivity contribution in [1.82, 2.24) is 15.5 Å². The summed E-state index contributed by atoms with van der Waals surface area (Å²) in [7, 11) is 0. The number of urea groups is 1. The van der Waals surface area contributed by atoms with Crippen LogP contribution in [-0.2, 0) is 6.42 Å². The van der Waals surface area contributed by atoms with Gasteiger partial charge in [-0.25, -0.2) is 4.79 Å². The summed E-state index contributed by atoms with van der Waals surface area (Å²) >= 11 is 0. The van der Waals surface area contributed by atoms with Crippen molar-refractivity contribution in [3.63, 3.8) is 0 Å². The highest BCUT2D eigenvalue weighted by Crippen LogP contribution is 2.08. The molecule has 1 heterocycles. The third kappa shape index (κ3) is 4.14. The molecule has 0 aliphatic rings. The SMILES string of the molecule is N#Cc1ccc(NC(=O)NCCCc2ccn[nH]2)cc1. The fourth-order valence-electron chi connectivity index (χ4n) is 1.71. The Hall–Kier alpha value is -2.81. The first-order chi connectivity index (χ1) is 9.78. The van der Waals surface area contributed by atoms with Gasteiger partial charge in [-0.1, -0.05) is 0 Å². The molecule has 2 rings (SSSR count). The monoisotopic (exact) mass is 269 g/mol. The highest BCUT2D eigenvalue weighted by Gasteiger charge is 2.01. The highest BCUT2D eigenvalue weighted by molar-refractivity contribution is 5.89. The van der Waals surface area contributed by atoms with Crippen molar-refractivity contribution in [1.29, 1.82) is 5.26 Å². The lowest BCUT2D eigenvalue weighted by atomic mass is 10.2. The van der Waals surface area contributed by atoms with E-state index in [4.69, 9.17) is 5.26 Å². The molecule has 0 unspecified atom stereocenters.